The maximum absolute atomic E-state index is 8.70. The summed E-state index contributed by atoms with van der Waals surface area (Å²) in [4.78, 5) is 14.2. The Kier molecular flexibility index (Phi) is 9.69. The van der Waals surface area contributed by atoms with Crippen LogP contribution in [0.1, 0.15) is 0 Å². The van der Waals surface area contributed by atoms with Gasteiger partial charge in [-0.05, 0) is 0 Å². The Morgan fingerprint density at radius 2 is 1.40 bits per heavy atom. The minimum absolute atomic E-state index is 0. The van der Waals surface area contributed by atoms with Crippen molar-refractivity contribution in [3.63, 3.8) is 0 Å². The average molecular weight is 170 g/mol. The first-order chi connectivity index (χ1) is 1.73. The van der Waals surface area contributed by atoms with E-state index >= 15 is 0 Å². The second kappa shape index (κ2) is 5.12. The second-order valence-corrected chi connectivity index (χ2v) is 0.758. The third-order valence-corrected chi connectivity index (χ3v) is 0. The number of hydrogen-bond donors (Lipinski definition) is 2. The summed E-state index contributed by atoms with van der Waals surface area (Å²) in [5.41, 5.74) is 0. The van der Waals surface area contributed by atoms with Crippen molar-refractivity contribution in [1.29, 1.82) is 0 Å². The van der Waals surface area contributed by atoms with E-state index in [2.05, 4.69) is 0 Å². The van der Waals surface area contributed by atoms with Gasteiger partial charge in [-0.3, -0.25) is 0 Å². The largest absolute Gasteiger partial charge is 0.692 e. The van der Waals surface area contributed by atoms with Crippen LogP contribution in [0.15, 0.2) is 0 Å². The maximum atomic E-state index is 8.70. The summed E-state index contributed by atoms with van der Waals surface area (Å²) in [6.07, 6.45) is 0. The van der Waals surface area contributed by atoms with Gasteiger partial charge >= 0.3 is 8.25 Å². The molecule has 0 unspecified atom stereocenters. The molecule has 0 aliphatic carbocycles. The summed E-state index contributed by atoms with van der Waals surface area (Å²) in [6, 6.07) is 0. The molecule has 3 nitrogen and oxygen atoms in total. The van der Waals surface area contributed by atoms with Crippen molar-refractivity contribution >= 4 is 8.25 Å². The van der Waals surface area contributed by atoms with E-state index in [0.717, 1.165) is 0 Å². The third-order valence-electron chi connectivity index (χ3n) is 0. The van der Waals surface area contributed by atoms with Crippen molar-refractivity contribution in [3.05, 3.63) is 0 Å². The van der Waals surface area contributed by atoms with E-state index in [0.29, 0.717) is 0 Å². The van der Waals surface area contributed by atoms with Gasteiger partial charge in [-0.1, -0.05) is 0 Å². The molecule has 0 fully saturated rings. The van der Waals surface area contributed by atoms with Gasteiger partial charge in [0.2, 0.25) is 0 Å². The predicted octanol–water partition coefficient (Wildman–Crippen LogP) is -0.374. The first-order valence-corrected chi connectivity index (χ1v) is 1.75. The number of hydrogen-bond acceptors (Lipinski definition) is 1. The fourth-order valence-electron chi connectivity index (χ4n) is 0. The zero-order valence-corrected chi connectivity index (χ0v) is 6.06. The van der Waals surface area contributed by atoms with E-state index in [4.69, 9.17) is 14.4 Å². The molecular formula is H2O3PY+. The zero-order valence-electron chi connectivity index (χ0n) is 2.33. The molecule has 27 valence electrons. The molecule has 0 saturated heterocycles. The van der Waals surface area contributed by atoms with Crippen molar-refractivity contribution in [3.8, 4) is 0 Å². The van der Waals surface area contributed by atoms with Crippen molar-refractivity contribution in [2.75, 3.05) is 0 Å². The summed E-state index contributed by atoms with van der Waals surface area (Å²) in [7, 11) is -2.87. The van der Waals surface area contributed by atoms with Crippen LogP contribution in [0.5, 0.6) is 0 Å². The van der Waals surface area contributed by atoms with Gasteiger partial charge in [-0.2, -0.15) is 0 Å². The molecule has 0 saturated carbocycles. The van der Waals surface area contributed by atoms with E-state index in [-0.39, 0.29) is 32.7 Å². The van der Waals surface area contributed by atoms with Crippen LogP contribution in [0, 0.1) is 0 Å². The Bertz CT molecular complexity index is 29.9. The topological polar surface area (TPSA) is 57.5 Å². The zero-order chi connectivity index (χ0) is 3.58. The smallest absolute Gasteiger partial charge is 0.134 e. The Hall–Kier alpha value is 1.12. The summed E-state index contributed by atoms with van der Waals surface area (Å²) in [6.45, 7) is 0. The third kappa shape index (κ3) is 39.6. The summed E-state index contributed by atoms with van der Waals surface area (Å²) in [5.74, 6) is 0. The Morgan fingerprint density at radius 3 is 1.40 bits per heavy atom. The SMILES string of the molecule is O=[P+](O)O.[Y]. The normalized spacial score (nSPS) is 5.20. The minimum Gasteiger partial charge on any atom is -0.134 e. The molecule has 0 aliphatic heterocycles. The molecular weight excluding hydrogens is 168 g/mol. The molecule has 0 aromatic heterocycles. The van der Waals surface area contributed by atoms with E-state index < -0.39 is 8.25 Å². The van der Waals surface area contributed by atoms with E-state index in [1.54, 1.807) is 0 Å². The van der Waals surface area contributed by atoms with Crippen LogP contribution in [-0.4, -0.2) is 9.79 Å². The van der Waals surface area contributed by atoms with Crippen molar-refractivity contribution in [1.82, 2.24) is 0 Å². The molecule has 0 spiro atoms. The van der Waals surface area contributed by atoms with E-state index in [1.165, 1.54) is 0 Å². The molecule has 0 aliphatic rings. The number of rotatable bonds is 0. The average Bonchev–Trinajstić information content (AvgIpc) is 0.811. The fraction of sp³-hybridized carbons (Fsp3) is 0. The van der Waals surface area contributed by atoms with Gasteiger partial charge in [0.05, 0.1) is 0 Å². The monoisotopic (exact) mass is 170 g/mol. The van der Waals surface area contributed by atoms with Crippen LogP contribution in [0.25, 0.3) is 0 Å². The quantitative estimate of drug-likeness (QED) is 0.487. The molecule has 0 amide bonds. The van der Waals surface area contributed by atoms with Crippen LogP contribution >= 0.6 is 8.25 Å². The van der Waals surface area contributed by atoms with Crippen LogP contribution < -0.4 is 0 Å². The molecule has 0 atom stereocenters. The van der Waals surface area contributed by atoms with E-state index in [1.807, 2.05) is 0 Å². The van der Waals surface area contributed by atoms with Gasteiger partial charge in [-0.25, -0.2) is 0 Å². The molecule has 0 rings (SSSR count). The summed E-state index contributed by atoms with van der Waals surface area (Å²) >= 11 is 0. The fourth-order valence-corrected chi connectivity index (χ4v) is 0. The molecule has 1 radical (unpaired) electrons. The molecule has 0 aromatic carbocycles. The molecule has 0 heterocycles. The van der Waals surface area contributed by atoms with Gasteiger partial charge in [0, 0.05) is 37.3 Å². The first-order valence-electron chi connectivity index (χ1n) is 0.583. The van der Waals surface area contributed by atoms with Gasteiger partial charge in [0.25, 0.3) is 0 Å². The first kappa shape index (κ1) is 9.45. The van der Waals surface area contributed by atoms with Gasteiger partial charge in [-0.15, -0.1) is 9.79 Å². The van der Waals surface area contributed by atoms with Crippen LogP contribution in [0.2, 0.25) is 0 Å². The molecule has 5 heteroatoms. The van der Waals surface area contributed by atoms with Crippen LogP contribution in [0.4, 0.5) is 0 Å². The predicted molar refractivity (Wildman–Crippen MR) is 12.0 cm³/mol. The Morgan fingerprint density at radius 1 is 1.40 bits per heavy atom. The van der Waals surface area contributed by atoms with Crippen molar-refractivity contribution in [2.45, 2.75) is 0 Å². The molecule has 2 N–H and O–H groups in total. The van der Waals surface area contributed by atoms with Crippen molar-refractivity contribution in [2.24, 2.45) is 0 Å². The van der Waals surface area contributed by atoms with E-state index in [9.17, 15) is 0 Å². The van der Waals surface area contributed by atoms with Gasteiger partial charge in [0.15, 0.2) is 0 Å². The minimum atomic E-state index is -2.87. The maximum Gasteiger partial charge on any atom is 0.692 e. The van der Waals surface area contributed by atoms with Gasteiger partial charge < -0.3 is 0 Å². The summed E-state index contributed by atoms with van der Waals surface area (Å²) in [5, 5.41) is 0. The van der Waals surface area contributed by atoms with Crippen molar-refractivity contribution < 1.29 is 47.1 Å². The Balaban J connectivity index is 0. The second-order valence-electron chi connectivity index (χ2n) is 0.253. The van der Waals surface area contributed by atoms with Crippen LogP contribution in [-0.2, 0) is 37.3 Å². The van der Waals surface area contributed by atoms with Gasteiger partial charge in [0.1, 0.15) is 0 Å². The summed E-state index contributed by atoms with van der Waals surface area (Å²) < 4.78 is 8.70. The molecule has 0 aromatic rings. The Labute approximate surface area is 55.2 Å². The molecule has 0 bridgehead atoms. The van der Waals surface area contributed by atoms with Crippen LogP contribution in [0.3, 0.4) is 0 Å². The molecule has 5 heavy (non-hydrogen) atoms. The standard InChI is InChI=1S/HO3P.Y/c1-4(2)3;/h(H-,1,2,3);/p+1.